The van der Waals surface area contributed by atoms with E-state index in [1.807, 2.05) is 13.8 Å². The van der Waals surface area contributed by atoms with Gasteiger partial charge in [0, 0.05) is 10.4 Å². The van der Waals surface area contributed by atoms with Crippen molar-refractivity contribution < 1.29 is 8.78 Å². The van der Waals surface area contributed by atoms with Crippen molar-refractivity contribution in [2.45, 2.75) is 25.6 Å². The Hall–Kier alpha value is -0.440. The summed E-state index contributed by atoms with van der Waals surface area (Å²) in [6, 6.07) is 2.51. The summed E-state index contributed by atoms with van der Waals surface area (Å²) >= 11 is 3.35. The normalized spacial score (nSPS) is 13.4. The lowest BCUT2D eigenvalue weighted by molar-refractivity contribution is 0.552. The molecular weight excluding hydrogens is 250 g/mol. The van der Waals surface area contributed by atoms with Crippen molar-refractivity contribution >= 4 is 15.9 Å². The molecule has 0 aliphatic heterocycles. The Morgan fingerprint density at radius 2 is 1.71 bits per heavy atom. The molecule has 0 amide bonds. The summed E-state index contributed by atoms with van der Waals surface area (Å²) in [6.45, 7) is 5.47. The van der Waals surface area contributed by atoms with E-state index in [2.05, 4.69) is 15.9 Å². The van der Waals surface area contributed by atoms with Crippen molar-refractivity contribution in [1.82, 2.24) is 0 Å². The van der Waals surface area contributed by atoms with Crippen LogP contribution < -0.4 is 0 Å². The summed E-state index contributed by atoms with van der Waals surface area (Å²) in [5.74, 6) is -0.474. The molecule has 0 radical (unpaired) electrons. The lowest BCUT2D eigenvalue weighted by atomic mass is 10.0. The average molecular weight is 263 g/mol. The standard InChI is InChI=1S/C11H13BrF2/c1-6(2)11(12)8-5-9(13)7(3)4-10(8)14/h4-6,11H,1-3H3. The molecule has 1 rings (SSSR count). The van der Waals surface area contributed by atoms with Crippen LogP contribution in [0, 0.1) is 24.5 Å². The van der Waals surface area contributed by atoms with Crippen LogP contribution in [0.4, 0.5) is 8.78 Å². The van der Waals surface area contributed by atoms with Gasteiger partial charge in [-0.1, -0.05) is 29.8 Å². The van der Waals surface area contributed by atoms with Crippen LogP contribution in [0.2, 0.25) is 0 Å². The molecule has 0 heterocycles. The third-order valence-electron chi connectivity index (χ3n) is 2.16. The minimum Gasteiger partial charge on any atom is -0.207 e. The van der Waals surface area contributed by atoms with Crippen molar-refractivity contribution in [3.8, 4) is 0 Å². The first kappa shape index (κ1) is 11.6. The topological polar surface area (TPSA) is 0 Å². The fraction of sp³-hybridized carbons (Fsp3) is 0.455. The first-order valence-corrected chi connectivity index (χ1v) is 5.44. The molecule has 0 aliphatic rings. The summed E-state index contributed by atoms with van der Waals surface area (Å²) < 4.78 is 26.6. The molecule has 0 aromatic heterocycles. The minimum atomic E-state index is -0.355. The maximum Gasteiger partial charge on any atom is 0.128 e. The van der Waals surface area contributed by atoms with Crippen molar-refractivity contribution in [2.75, 3.05) is 0 Å². The lowest BCUT2D eigenvalue weighted by Gasteiger charge is -2.15. The maximum atomic E-state index is 13.4. The Kier molecular flexibility index (Phi) is 3.65. The van der Waals surface area contributed by atoms with E-state index in [9.17, 15) is 8.78 Å². The van der Waals surface area contributed by atoms with Crippen molar-refractivity contribution in [2.24, 2.45) is 5.92 Å². The molecule has 0 fully saturated rings. The zero-order valence-corrected chi connectivity index (χ0v) is 10.0. The summed E-state index contributed by atoms with van der Waals surface area (Å²) in [6.07, 6.45) is 0. The van der Waals surface area contributed by atoms with Gasteiger partial charge in [0.25, 0.3) is 0 Å². The minimum absolute atomic E-state index is 0.141. The van der Waals surface area contributed by atoms with E-state index in [4.69, 9.17) is 0 Å². The second-order valence-electron chi connectivity index (χ2n) is 3.77. The van der Waals surface area contributed by atoms with Gasteiger partial charge in [-0.15, -0.1) is 0 Å². The number of halogens is 3. The lowest BCUT2D eigenvalue weighted by Crippen LogP contribution is -2.03. The average Bonchev–Trinajstić information content (AvgIpc) is 2.10. The molecule has 14 heavy (non-hydrogen) atoms. The van der Waals surface area contributed by atoms with Gasteiger partial charge in [0.15, 0.2) is 0 Å². The van der Waals surface area contributed by atoms with E-state index >= 15 is 0 Å². The molecule has 0 aliphatic carbocycles. The van der Waals surface area contributed by atoms with Crippen molar-refractivity contribution in [3.05, 3.63) is 34.9 Å². The fourth-order valence-electron chi connectivity index (χ4n) is 1.23. The third-order valence-corrected chi connectivity index (χ3v) is 3.71. The van der Waals surface area contributed by atoms with Crippen LogP contribution in [-0.4, -0.2) is 0 Å². The number of alkyl halides is 1. The maximum absolute atomic E-state index is 13.4. The van der Waals surface area contributed by atoms with Gasteiger partial charge >= 0.3 is 0 Å². The van der Waals surface area contributed by atoms with Gasteiger partial charge in [-0.3, -0.25) is 0 Å². The first-order valence-electron chi connectivity index (χ1n) is 4.53. The molecule has 0 nitrogen and oxygen atoms in total. The molecule has 0 saturated heterocycles. The highest BCUT2D eigenvalue weighted by Gasteiger charge is 2.17. The number of hydrogen-bond donors (Lipinski definition) is 0. The largest absolute Gasteiger partial charge is 0.207 e. The zero-order chi connectivity index (χ0) is 10.9. The number of rotatable bonds is 2. The molecule has 1 unspecified atom stereocenters. The van der Waals surface area contributed by atoms with E-state index in [-0.39, 0.29) is 22.4 Å². The van der Waals surface area contributed by atoms with E-state index in [1.54, 1.807) is 6.92 Å². The smallest absolute Gasteiger partial charge is 0.128 e. The molecular formula is C11H13BrF2. The monoisotopic (exact) mass is 262 g/mol. The van der Waals surface area contributed by atoms with Gasteiger partial charge in [-0.25, -0.2) is 8.78 Å². The third kappa shape index (κ3) is 2.32. The Morgan fingerprint density at radius 3 is 2.21 bits per heavy atom. The zero-order valence-electron chi connectivity index (χ0n) is 8.44. The molecule has 0 bridgehead atoms. The van der Waals surface area contributed by atoms with Gasteiger partial charge < -0.3 is 0 Å². The fourth-order valence-corrected chi connectivity index (χ4v) is 1.58. The molecule has 1 atom stereocenters. The van der Waals surface area contributed by atoms with Crippen molar-refractivity contribution in [1.29, 1.82) is 0 Å². The SMILES string of the molecule is Cc1cc(F)c(C(Br)C(C)C)cc1F. The van der Waals surface area contributed by atoms with Crippen LogP contribution in [0.5, 0.6) is 0 Å². The van der Waals surface area contributed by atoms with Gasteiger partial charge in [-0.2, -0.15) is 0 Å². The van der Waals surface area contributed by atoms with Crippen LogP contribution in [0.25, 0.3) is 0 Å². The highest BCUT2D eigenvalue weighted by molar-refractivity contribution is 9.09. The highest BCUT2D eigenvalue weighted by atomic mass is 79.9. The molecule has 3 heteroatoms. The van der Waals surface area contributed by atoms with E-state index < -0.39 is 0 Å². The highest BCUT2D eigenvalue weighted by Crippen LogP contribution is 2.33. The predicted molar refractivity (Wildman–Crippen MR) is 57.6 cm³/mol. The molecule has 1 aromatic rings. The molecule has 1 aromatic carbocycles. The number of hydrogen-bond acceptors (Lipinski definition) is 0. The number of aryl methyl sites for hydroxylation is 1. The van der Waals surface area contributed by atoms with Gasteiger partial charge in [0.2, 0.25) is 0 Å². The molecule has 0 saturated carbocycles. The summed E-state index contributed by atoms with van der Waals surface area (Å²) in [5.41, 5.74) is 0.734. The van der Waals surface area contributed by atoms with Gasteiger partial charge in [0.05, 0.1) is 0 Å². The van der Waals surface area contributed by atoms with Crippen LogP contribution in [0.3, 0.4) is 0 Å². The Labute approximate surface area is 91.5 Å². The quantitative estimate of drug-likeness (QED) is 0.695. The summed E-state index contributed by atoms with van der Waals surface area (Å²) in [4.78, 5) is -0.141. The van der Waals surface area contributed by atoms with E-state index in [0.717, 1.165) is 0 Å². The van der Waals surface area contributed by atoms with Gasteiger partial charge in [-0.05, 0) is 30.5 Å². The second-order valence-corrected chi connectivity index (χ2v) is 4.76. The van der Waals surface area contributed by atoms with Gasteiger partial charge in [0.1, 0.15) is 11.6 Å². The Morgan fingerprint density at radius 1 is 1.14 bits per heavy atom. The van der Waals surface area contributed by atoms with Crippen LogP contribution in [0.15, 0.2) is 12.1 Å². The first-order chi connectivity index (χ1) is 6.43. The van der Waals surface area contributed by atoms with E-state index in [1.165, 1.54) is 12.1 Å². The summed E-state index contributed by atoms with van der Waals surface area (Å²) in [5, 5.41) is 0. The molecule has 0 N–H and O–H groups in total. The second kappa shape index (κ2) is 4.39. The van der Waals surface area contributed by atoms with E-state index in [0.29, 0.717) is 11.1 Å². The molecule has 78 valence electrons. The Bertz CT molecular complexity index is 334. The van der Waals surface area contributed by atoms with Crippen LogP contribution in [0.1, 0.15) is 29.8 Å². The van der Waals surface area contributed by atoms with Crippen LogP contribution in [-0.2, 0) is 0 Å². The summed E-state index contributed by atoms with van der Waals surface area (Å²) in [7, 11) is 0. The van der Waals surface area contributed by atoms with Crippen molar-refractivity contribution in [3.63, 3.8) is 0 Å². The predicted octanol–water partition coefficient (Wildman–Crippen LogP) is 4.37. The molecule has 0 spiro atoms. The number of benzene rings is 1. The van der Waals surface area contributed by atoms with Crippen LogP contribution >= 0.6 is 15.9 Å². The Balaban J connectivity index is 3.15.